The minimum absolute atomic E-state index is 0.0236. The summed E-state index contributed by atoms with van der Waals surface area (Å²) in [6.07, 6.45) is 0.0270. The van der Waals surface area contributed by atoms with Gasteiger partial charge in [-0.25, -0.2) is 22.5 Å². The Labute approximate surface area is 133 Å². The van der Waals surface area contributed by atoms with Gasteiger partial charge in [-0.05, 0) is 30.8 Å². The molecule has 3 rings (SSSR count). The summed E-state index contributed by atoms with van der Waals surface area (Å²) in [5.74, 6) is -3.72. The molecule has 2 N–H and O–H groups in total. The average molecular weight is 337 g/mol. The Morgan fingerprint density at radius 2 is 1.62 bits per heavy atom. The van der Waals surface area contributed by atoms with Gasteiger partial charge in [0, 0.05) is 12.5 Å². The van der Waals surface area contributed by atoms with Crippen LogP contribution in [0.3, 0.4) is 0 Å². The third kappa shape index (κ3) is 2.65. The first-order valence-corrected chi connectivity index (χ1v) is 6.98. The third-order valence-corrected chi connectivity index (χ3v) is 3.47. The quantitative estimate of drug-likeness (QED) is 0.747. The van der Waals surface area contributed by atoms with E-state index in [9.17, 15) is 22.4 Å². The van der Waals surface area contributed by atoms with Crippen molar-refractivity contribution in [2.75, 3.05) is 6.54 Å². The van der Waals surface area contributed by atoms with E-state index in [0.717, 1.165) is 28.8 Å². The first-order valence-electron chi connectivity index (χ1n) is 6.98. The fraction of sp³-hybridized carbons (Fsp3) is 0.125. The van der Waals surface area contributed by atoms with Crippen LogP contribution in [0.4, 0.5) is 17.6 Å². The van der Waals surface area contributed by atoms with Crippen molar-refractivity contribution in [3.05, 3.63) is 69.8 Å². The molecule has 0 aliphatic rings. The normalized spacial score (nSPS) is 11.2. The summed E-state index contributed by atoms with van der Waals surface area (Å²) in [4.78, 5) is 16.6. The molecule has 0 fully saturated rings. The number of halogens is 4. The zero-order valence-corrected chi connectivity index (χ0v) is 12.2. The zero-order valence-electron chi connectivity index (χ0n) is 12.2. The van der Waals surface area contributed by atoms with Crippen molar-refractivity contribution < 1.29 is 17.6 Å². The molecule has 1 aromatic heterocycles. The van der Waals surface area contributed by atoms with Crippen molar-refractivity contribution in [1.82, 2.24) is 9.55 Å². The van der Waals surface area contributed by atoms with Gasteiger partial charge in [0.25, 0.3) is 5.56 Å². The molecule has 0 unspecified atom stereocenters. The number of fused-ring (bicyclic) bond motifs is 1. The highest BCUT2D eigenvalue weighted by Crippen LogP contribution is 2.20. The largest absolute Gasteiger partial charge is 0.330 e. The highest BCUT2D eigenvalue weighted by atomic mass is 19.1. The van der Waals surface area contributed by atoms with E-state index < -0.39 is 39.7 Å². The maximum Gasteiger partial charge on any atom is 0.269 e. The predicted molar refractivity (Wildman–Crippen MR) is 79.9 cm³/mol. The minimum Gasteiger partial charge on any atom is -0.330 e. The van der Waals surface area contributed by atoms with E-state index in [-0.39, 0.29) is 24.5 Å². The third-order valence-electron chi connectivity index (χ3n) is 3.47. The summed E-state index contributed by atoms with van der Waals surface area (Å²) in [5, 5.41) is -0.597. The number of nitrogens with two attached hydrogens (primary N) is 1. The average Bonchev–Trinajstić information content (AvgIpc) is 2.50. The Kier molecular flexibility index (Phi) is 4.06. The highest BCUT2D eigenvalue weighted by Gasteiger charge is 2.18. The molecule has 0 radical (unpaired) electrons. The molecule has 4 nitrogen and oxygen atoms in total. The lowest BCUT2D eigenvalue weighted by Gasteiger charge is -2.14. The number of aromatic nitrogens is 2. The molecule has 2 aromatic carbocycles. The van der Waals surface area contributed by atoms with E-state index in [0.29, 0.717) is 6.07 Å². The fourth-order valence-electron chi connectivity index (χ4n) is 2.49. The van der Waals surface area contributed by atoms with Gasteiger partial charge in [0.2, 0.25) is 0 Å². The van der Waals surface area contributed by atoms with Crippen LogP contribution >= 0.6 is 0 Å². The Morgan fingerprint density at radius 3 is 2.25 bits per heavy atom. The van der Waals surface area contributed by atoms with Gasteiger partial charge in [-0.1, -0.05) is 0 Å². The second-order valence-electron chi connectivity index (χ2n) is 5.09. The molecule has 0 aliphatic carbocycles. The van der Waals surface area contributed by atoms with Crippen LogP contribution in [0.1, 0.15) is 5.82 Å². The van der Waals surface area contributed by atoms with Gasteiger partial charge in [0.1, 0.15) is 40.0 Å². The molecule has 1 heterocycles. The fourth-order valence-corrected chi connectivity index (χ4v) is 2.49. The van der Waals surface area contributed by atoms with E-state index >= 15 is 0 Å². The second-order valence-corrected chi connectivity index (χ2v) is 5.09. The first kappa shape index (κ1) is 16.1. The molecule has 0 atom stereocenters. The summed E-state index contributed by atoms with van der Waals surface area (Å²) in [6, 6.07) is 4.07. The van der Waals surface area contributed by atoms with E-state index in [4.69, 9.17) is 5.73 Å². The summed E-state index contributed by atoms with van der Waals surface area (Å²) in [6.45, 7) is 0.0483. The van der Waals surface area contributed by atoms with Gasteiger partial charge in [-0.15, -0.1) is 0 Å². The van der Waals surface area contributed by atoms with E-state index in [1.807, 2.05) is 0 Å². The summed E-state index contributed by atoms with van der Waals surface area (Å²) >= 11 is 0. The standard InChI is InChI=1S/C16H11F4N3O/c17-8-5-9(18)7-10(6-8)23-13(3-4-21)22-15-12(20)2-1-11(19)14(15)16(23)24/h1-2,5-7H,3-4,21H2. The number of rotatable bonds is 3. The van der Waals surface area contributed by atoms with Crippen molar-refractivity contribution in [3.63, 3.8) is 0 Å². The van der Waals surface area contributed by atoms with Gasteiger partial charge < -0.3 is 5.73 Å². The zero-order chi connectivity index (χ0) is 17.4. The highest BCUT2D eigenvalue weighted by molar-refractivity contribution is 5.79. The van der Waals surface area contributed by atoms with Crippen LogP contribution in [-0.4, -0.2) is 16.1 Å². The van der Waals surface area contributed by atoms with Gasteiger partial charge >= 0.3 is 0 Å². The molecule has 24 heavy (non-hydrogen) atoms. The molecule has 124 valence electrons. The predicted octanol–water partition coefficient (Wildman–Crippen LogP) is 2.44. The molecule has 3 aromatic rings. The molecule has 0 bridgehead atoms. The van der Waals surface area contributed by atoms with Crippen LogP contribution in [0.25, 0.3) is 16.6 Å². The Morgan fingerprint density at radius 1 is 1.00 bits per heavy atom. The molecule has 0 amide bonds. The van der Waals surface area contributed by atoms with Crippen LogP contribution in [-0.2, 0) is 6.42 Å². The number of nitrogens with zero attached hydrogens (tertiary/aromatic N) is 2. The van der Waals surface area contributed by atoms with Crippen molar-refractivity contribution in [2.45, 2.75) is 6.42 Å². The van der Waals surface area contributed by atoms with Crippen LogP contribution in [0.15, 0.2) is 35.1 Å². The lowest BCUT2D eigenvalue weighted by Crippen LogP contribution is -2.26. The van der Waals surface area contributed by atoms with Gasteiger partial charge in [0.05, 0.1) is 5.69 Å². The van der Waals surface area contributed by atoms with Gasteiger partial charge in [-0.2, -0.15) is 0 Å². The molecule has 0 aliphatic heterocycles. The van der Waals surface area contributed by atoms with Crippen LogP contribution in [0.2, 0.25) is 0 Å². The van der Waals surface area contributed by atoms with Crippen molar-refractivity contribution >= 4 is 10.9 Å². The monoisotopic (exact) mass is 337 g/mol. The summed E-state index contributed by atoms with van der Waals surface area (Å²) in [5.41, 5.74) is 3.86. The summed E-state index contributed by atoms with van der Waals surface area (Å²) in [7, 11) is 0. The van der Waals surface area contributed by atoms with Crippen LogP contribution < -0.4 is 11.3 Å². The molecule has 0 spiro atoms. The SMILES string of the molecule is NCCc1nc2c(F)ccc(F)c2c(=O)n1-c1cc(F)cc(F)c1. The van der Waals surface area contributed by atoms with Crippen LogP contribution in [0, 0.1) is 23.3 Å². The number of hydrogen-bond donors (Lipinski definition) is 1. The van der Waals surface area contributed by atoms with E-state index in [1.54, 1.807) is 0 Å². The Hall–Kier alpha value is -2.74. The smallest absolute Gasteiger partial charge is 0.269 e. The molecule has 0 saturated carbocycles. The topological polar surface area (TPSA) is 60.9 Å². The lowest BCUT2D eigenvalue weighted by molar-refractivity contribution is 0.579. The maximum atomic E-state index is 14.0. The van der Waals surface area contributed by atoms with E-state index in [1.165, 1.54) is 0 Å². The van der Waals surface area contributed by atoms with Gasteiger partial charge in [0.15, 0.2) is 0 Å². The van der Waals surface area contributed by atoms with Crippen molar-refractivity contribution in [3.8, 4) is 5.69 Å². The maximum absolute atomic E-state index is 14.0. The van der Waals surface area contributed by atoms with Crippen molar-refractivity contribution in [1.29, 1.82) is 0 Å². The second kappa shape index (κ2) is 6.04. The van der Waals surface area contributed by atoms with Crippen LogP contribution in [0.5, 0.6) is 0 Å². The molecular weight excluding hydrogens is 326 g/mol. The van der Waals surface area contributed by atoms with E-state index in [2.05, 4.69) is 4.98 Å². The molecular formula is C16H11F4N3O. The number of hydrogen-bond acceptors (Lipinski definition) is 3. The molecule has 8 heteroatoms. The summed E-state index contributed by atoms with van der Waals surface area (Å²) < 4.78 is 55.7. The Bertz CT molecular complexity index is 981. The lowest BCUT2D eigenvalue weighted by atomic mass is 10.2. The molecule has 0 saturated heterocycles. The first-order chi connectivity index (χ1) is 11.4. The minimum atomic E-state index is -0.978. The Balaban J connectivity index is 2.45. The number of benzene rings is 2. The van der Waals surface area contributed by atoms with Gasteiger partial charge in [-0.3, -0.25) is 9.36 Å². The van der Waals surface area contributed by atoms with Crippen molar-refractivity contribution in [2.24, 2.45) is 5.73 Å².